The molecule has 1 N–H and O–H groups in total. The van der Waals surface area contributed by atoms with E-state index in [1.165, 1.54) is 23.5 Å². The van der Waals surface area contributed by atoms with Crippen LogP contribution in [0.25, 0.3) is 0 Å². The minimum atomic E-state index is -0.403. The Bertz CT molecular complexity index is 804. The molecule has 2 aromatic rings. The van der Waals surface area contributed by atoms with Crippen molar-refractivity contribution in [1.82, 2.24) is 15.2 Å². The second kappa shape index (κ2) is 8.19. The predicted octanol–water partition coefficient (Wildman–Crippen LogP) is 2.12. The Hall–Kier alpha value is -2.60. The van der Waals surface area contributed by atoms with E-state index >= 15 is 0 Å². The van der Waals surface area contributed by atoms with Gasteiger partial charge in [0.05, 0.1) is 6.54 Å². The van der Waals surface area contributed by atoms with E-state index in [0.717, 1.165) is 13.1 Å². The topological polar surface area (TPSA) is 65.5 Å². The van der Waals surface area contributed by atoms with Crippen LogP contribution >= 0.6 is 11.6 Å². The lowest BCUT2D eigenvalue weighted by Crippen LogP contribution is -2.51. The van der Waals surface area contributed by atoms with E-state index in [0.29, 0.717) is 18.1 Å². The lowest BCUT2D eigenvalue weighted by molar-refractivity contribution is -0.130. The lowest BCUT2D eigenvalue weighted by atomic mass is 10.1. The van der Waals surface area contributed by atoms with Crippen molar-refractivity contribution in [3.8, 4) is 0 Å². The molecular weight excluding hydrogens is 352 g/mol. The van der Waals surface area contributed by atoms with Gasteiger partial charge in [0.1, 0.15) is 5.69 Å². The number of nitrogens with zero attached hydrogens (tertiary/aromatic N) is 3. The van der Waals surface area contributed by atoms with Gasteiger partial charge < -0.3 is 15.1 Å². The summed E-state index contributed by atoms with van der Waals surface area (Å²) in [5.41, 5.74) is 2.64. The van der Waals surface area contributed by atoms with E-state index in [1.54, 1.807) is 11.0 Å². The van der Waals surface area contributed by atoms with Crippen molar-refractivity contribution >= 4 is 29.1 Å². The van der Waals surface area contributed by atoms with Gasteiger partial charge in [-0.3, -0.25) is 14.6 Å². The number of aromatic nitrogens is 1. The highest BCUT2D eigenvalue weighted by Crippen LogP contribution is 2.20. The highest BCUT2D eigenvalue weighted by atomic mass is 35.5. The second-order valence-electron chi connectivity index (χ2n) is 6.20. The molecule has 1 aromatic heterocycles. The second-order valence-corrected chi connectivity index (χ2v) is 6.63. The molecular formula is C19H21ClN4O2. The summed E-state index contributed by atoms with van der Waals surface area (Å²) in [6.07, 6.45) is 1.46. The first kappa shape index (κ1) is 18.2. The van der Waals surface area contributed by atoms with Crippen LogP contribution in [0, 0.1) is 6.92 Å². The normalized spacial score (nSPS) is 14.2. The fourth-order valence-electron chi connectivity index (χ4n) is 3.00. The Morgan fingerprint density at radius 2 is 1.88 bits per heavy atom. The van der Waals surface area contributed by atoms with Crippen LogP contribution < -0.4 is 10.2 Å². The van der Waals surface area contributed by atoms with Gasteiger partial charge in [-0.1, -0.05) is 29.8 Å². The number of hydrogen-bond acceptors (Lipinski definition) is 4. The van der Waals surface area contributed by atoms with Crippen molar-refractivity contribution in [3.05, 3.63) is 58.9 Å². The minimum Gasteiger partial charge on any atom is -0.368 e. The molecule has 0 radical (unpaired) electrons. The molecule has 1 aliphatic heterocycles. The fraction of sp³-hybridized carbons (Fsp3) is 0.316. The van der Waals surface area contributed by atoms with E-state index in [4.69, 9.17) is 11.6 Å². The van der Waals surface area contributed by atoms with Gasteiger partial charge >= 0.3 is 0 Å². The maximum Gasteiger partial charge on any atom is 0.270 e. The third-order valence-corrected chi connectivity index (χ3v) is 4.68. The van der Waals surface area contributed by atoms with Crippen LogP contribution in [0.2, 0.25) is 5.02 Å². The van der Waals surface area contributed by atoms with Crippen LogP contribution in [0.3, 0.4) is 0 Å². The standard InChI is InChI=1S/C19H21ClN4O2/c1-14-4-2-3-5-17(14)23-8-10-24(11-9-23)18(25)13-22-19(26)16-12-15(20)6-7-21-16/h2-7,12H,8-11,13H2,1H3,(H,22,26). The SMILES string of the molecule is Cc1ccccc1N1CCN(C(=O)CNC(=O)c2cc(Cl)ccn2)CC1. The molecule has 2 heterocycles. The maximum atomic E-state index is 12.4. The van der Waals surface area contributed by atoms with Crippen molar-refractivity contribution in [2.24, 2.45) is 0 Å². The molecule has 6 nitrogen and oxygen atoms in total. The monoisotopic (exact) mass is 372 g/mol. The number of nitrogens with one attached hydrogen (secondary N) is 1. The first-order valence-corrected chi connectivity index (χ1v) is 8.90. The number of rotatable bonds is 4. The summed E-state index contributed by atoms with van der Waals surface area (Å²) < 4.78 is 0. The molecule has 0 saturated carbocycles. The maximum absolute atomic E-state index is 12.4. The predicted molar refractivity (Wildman–Crippen MR) is 102 cm³/mol. The van der Waals surface area contributed by atoms with Crippen LogP contribution in [0.1, 0.15) is 16.1 Å². The van der Waals surface area contributed by atoms with E-state index in [2.05, 4.69) is 34.3 Å². The number of carbonyl (C=O) groups is 2. The molecule has 1 fully saturated rings. The molecule has 0 bridgehead atoms. The zero-order valence-corrected chi connectivity index (χ0v) is 15.4. The van der Waals surface area contributed by atoms with Crippen LogP contribution in [0.15, 0.2) is 42.6 Å². The molecule has 0 unspecified atom stereocenters. The molecule has 0 aliphatic carbocycles. The fourth-order valence-corrected chi connectivity index (χ4v) is 3.16. The van der Waals surface area contributed by atoms with Crippen molar-refractivity contribution in [2.75, 3.05) is 37.6 Å². The average Bonchev–Trinajstić information content (AvgIpc) is 2.66. The molecule has 1 aromatic carbocycles. The Morgan fingerprint density at radius 1 is 1.15 bits per heavy atom. The van der Waals surface area contributed by atoms with E-state index in [1.807, 2.05) is 12.1 Å². The number of hydrogen-bond donors (Lipinski definition) is 1. The van der Waals surface area contributed by atoms with Gasteiger partial charge in [-0.15, -0.1) is 0 Å². The van der Waals surface area contributed by atoms with E-state index < -0.39 is 5.91 Å². The third kappa shape index (κ3) is 4.32. The van der Waals surface area contributed by atoms with Gasteiger partial charge in [0.25, 0.3) is 5.91 Å². The first-order chi connectivity index (χ1) is 12.5. The summed E-state index contributed by atoms with van der Waals surface area (Å²) in [7, 11) is 0. The van der Waals surface area contributed by atoms with Gasteiger partial charge in [0.15, 0.2) is 0 Å². The number of carbonyl (C=O) groups excluding carboxylic acids is 2. The van der Waals surface area contributed by atoms with Crippen LogP contribution in [0.4, 0.5) is 5.69 Å². The summed E-state index contributed by atoms with van der Waals surface area (Å²) in [4.78, 5) is 32.4. The zero-order chi connectivity index (χ0) is 18.5. The molecule has 1 aliphatic rings. The highest BCUT2D eigenvalue weighted by Gasteiger charge is 2.22. The minimum absolute atomic E-state index is 0.0443. The van der Waals surface area contributed by atoms with Gasteiger partial charge in [0.2, 0.25) is 5.91 Å². The Labute approximate surface area is 157 Å². The Balaban J connectivity index is 1.49. The Morgan fingerprint density at radius 3 is 2.58 bits per heavy atom. The number of para-hydroxylation sites is 1. The molecule has 2 amide bonds. The summed E-state index contributed by atoms with van der Waals surface area (Å²) >= 11 is 5.85. The largest absolute Gasteiger partial charge is 0.368 e. The van der Waals surface area contributed by atoms with Gasteiger partial charge in [-0.05, 0) is 30.7 Å². The number of piperazine rings is 1. The van der Waals surface area contributed by atoms with Crippen LogP contribution in [-0.4, -0.2) is 54.4 Å². The van der Waals surface area contributed by atoms with Gasteiger partial charge in [-0.2, -0.15) is 0 Å². The summed E-state index contributed by atoms with van der Waals surface area (Å²) in [6.45, 7) is 4.88. The Kier molecular flexibility index (Phi) is 5.73. The van der Waals surface area contributed by atoms with E-state index in [9.17, 15) is 9.59 Å². The quantitative estimate of drug-likeness (QED) is 0.892. The van der Waals surface area contributed by atoms with Gasteiger partial charge in [-0.25, -0.2) is 0 Å². The zero-order valence-electron chi connectivity index (χ0n) is 14.6. The number of halogens is 1. The van der Waals surface area contributed by atoms with Crippen molar-refractivity contribution in [3.63, 3.8) is 0 Å². The number of pyridine rings is 1. The molecule has 3 rings (SSSR count). The number of aryl methyl sites for hydroxylation is 1. The molecule has 0 atom stereocenters. The third-order valence-electron chi connectivity index (χ3n) is 4.44. The summed E-state index contributed by atoms with van der Waals surface area (Å²) in [6, 6.07) is 11.3. The molecule has 7 heteroatoms. The summed E-state index contributed by atoms with van der Waals surface area (Å²) in [5, 5.41) is 3.04. The smallest absolute Gasteiger partial charge is 0.270 e. The van der Waals surface area contributed by atoms with Crippen molar-refractivity contribution in [2.45, 2.75) is 6.92 Å². The summed E-state index contributed by atoms with van der Waals surface area (Å²) in [5.74, 6) is -0.496. The molecule has 136 valence electrons. The first-order valence-electron chi connectivity index (χ1n) is 8.52. The highest BCUT2D eigenvalue weighted by molar-refractivity contribution is 6.30. The average molecular weight is 373 g/mol. The molecule has 1 saturated heterocycles. The van der Waals surface area contributed by atoms with Crippen LogP contribution in [0.5, 0.6) is 0 Å². The number of anilines is 1. The van der Waals surface area contributed by atoms with Gasteiger partial charge in [0, 0.05) is 43.1 Å². The van der Waals surface area contributed by atoms with E-state index in [-0.39, 0.29) is 18.1 Å². The molecule has 0 spiro atoms. The number of amides is 2. The lowest BCUT2D eigenvalue weighted by Gasteiger charge is -2.36. The molecule has 26 heavy (non-hydrogen) atoms. The van der Waals surface area contributed by atoms with Crippen LogP contribution in [-0.2, 0) is 4.79 Å². The van der Waals surface area contributed by atoms with Crippen molar-refractivity contribution < 1.29 is 9.59 Å². The van der Waals surface area contributed by atoms with Crippen molar-refractivity contribution in [1.29, 1.82) is 0 Å². The number of benzene rings is 1.